The van der Waals surface area contributed by atoms with Gasteiger partial charge in [-0.25, -0.2) is 0 Å². The Hall–Kier alpha value is -1.72. The van der Waals surface area contributed by atoms with E-state index in [4.69, 9.17) is 0 Å². The molecule has 1 aliphatic rings. The smallest absolute Gasteiger partial charge is 0.405 e. The number of nitrogens with one attached hydrogen (secondary N) is 1. The number of carbonyl (C=O) groups excluding carboxylic acids is 1. The summed E-state index contributed by atoms with van der Waals surface area (Å²) in [7, 11) is 0. The first-order chi connectivity index (χ1) is 10.3. The van der Waals surface area contributed by atoms with Crippen LogP contribution in [0.5, 0.6) is 5.75 Å². The third-order valence-electron chi connectivity index (χ3n) is 3.93. The maximum Gasteiger partial charge on any atom is 0.573 e. The zero-order valence-corrected chi connectivity index (χ0v) is 12.5. The second-order valence-electron chi connectivity index (χ2n) is 5.86. The Bertz CT molecular complexity index is 508. The van der Waals surface area contributed by atoms with E-state index in [0.29, 0.717) is 5.92 Å². The van der Waals surface area contributed by atoms with Gasteiger partial charge < -0.3 is 10.1 Å². The van der Waals surface area contributed by atoms with E-state index in [-0.39, 0.29) is 29.7 Å². The highest BCUT2D eigenvalue weighted by molar-refractivity contribution is 5.79. The molecule has 0 atom stereocenters. The summed E-state index contributed by atoms with van der Waals surface area (Å²) in [6, 6.07) is 5.86. The molecule has 1 aromatic carbocycles. The number of hydrogen-bond donors (Lipinski definition) is 1. The Morgan fingerprint density at radius 2 is 1.86 bits per heavy atom. The van der Waals surface area contributed by atoms with Gasteiger partial charge >= 0.3 is 6.36 Å². The van der Waals surface area contributed by atoms with Crippen LogP contribution in [0, 0.1) is 5.92 Å². The van der Waals surface area contributed by atoms with E-state index in [1.807, 2.05) is 0 Å². The quantitative estimate of drug-likeness (QED) is 0.917. The third-order valence-corrected chi connectivity index (χ3v) is 3.93. The lowest BCUT2D eigenvalue weighted by molar-refractivity contribution is -0.274. The molecule has 1 aromatic rings. The Kier molecular flexibility index (Phi) is 5.32. The fourth-order valence-corrected chi connectivity index (χ4v) is 2.73. The van der Waals surface area contributed by atoms with Gasteiger partial charge in [-0.05, 0) is 37.7 Å². The number of rotatable bonds is 4. The van der Waals surface area contributed by atoms with Crippen LogP contribution in [0.3, 0.4) is 0 Å². The van der Waals surface area contributed by atoms with Crippen molar-refractivity contribution in [2.75, 3.05) is 0 Å². The van der Waals surface area contributed by atoms with Gasteiger partial charge in [0.1, 0.15) is 5.75 Å². The lowest BCUT2D eigenvalue weighted by Crippen LogP contribution is -2.38. The molecule has 0 spiro atoms. The number of halogens is 3. The van der Waals surface area contributed by atoms with Crippen molar-refractivity contribution in [3.63, 3.8) is 0 Å². The number of amides is 1. The van der Waals surface area contributed by atoms with Gasteiger partial charge in [0.15, 0.2) is 0 Å². The molecule has 1 fully saturated rings. The average molecular weight is 315 g/mol. The number of alkyl halides is 3. The Balaban J connectivity index is 1.94. The van der Waals surface area contributed by atoms with Crippen LogP contribution in [-0.4, -0.2) is 18.3 Å². The van der Waals surface area contributed by atoms with Gasteiger partial charge in [-0.1, -0.05) is 25.1 Å². The van der Waals surface area contributed by atoms with Gasteiger partial charge in [0.05, 0.1) is 6.42 Å². The highest BCUT2D eigenvalue weighted by Crippen LogP contribution is 2.27. The van der Waals surface area contributed by atoms with Crippen LogP contribution in [0.25, 0.3) is 0 Å². The standard InChI is InChI=1S/C16H20F3NO2/c1-11-6-8-13(9-7-11)20-15(21)10-12-4-2-3-5-14(12)22-16(17,18)19/h2-5,11,13H,6-10H2,1H3,(H,20,21). The summed E-state index contributed by atoms with van der Waals surface area (Å²) in [6.07, 6.45) is -0.886. The Morgan fingerprint density at radius 3 is 2.50 bits per heavy atom. The van der Waals surface area contributed by atoms with Gasteiger partial charge in [0.2, 0.25) is 5.91 Å². The normalized spacial score (nSPS) is 22.2. The number of hydrogen-bond acceptors (Lipinski definition) is 2. The molecule has 6 heteroatoms. The molecule has 0 aliphatic heterocycles. The molecule has 0 aromatic heterocycles. The van der Waals surface area contributed by atoms with Crippen LogP contribution < -0.4 is 10.1 Å². The van der Waals surface area contributed by atoms with Crippen LogP contribution in [0.4, 0.5) is 13.2 Å². The number of ether oxygens (including phenoxy) is 1. The zero-order valence-electron chi connectivity index (χ0n) is 12.5. The minimum absolute atomic E-state index is 0.113. The summed E-state index contributed by atoms with van der Waals surface area (Å²) in [5.74, 6) is 0.0919. The molecule has 1 N–H and O–H groups in total. The average Bonchev–Trinajstić information content (AvgIpc) is 2.42. The van der Waals surface area contributed by atoms with Crippen molar-refractivity contribution < 1.29 is 22.7 Å². The second-order valence-corrected chi connectivity index (χ2v) is 5.86. The summed E-state index contributed by atoms with van der Waals surface area (Å²) < 4.78 is 41.0. The van der Waals surface area contributed by atoms with Crippen LogP contribution in [-0.2, 0) is 11.2 Å². The predicted molar refractivity (Wildman–Crippen MR) is 76.4 cm³/mol. The molecule has 0 bridgehead atoms. The molecule has 0 heterocycles. The maximum absolute atomic E-state index is 12.3. The number of carbonyl (C=O) groups is 1. The Morgan fingerprint density at radius 1 is 1.23 bits per heavy atom. The van der Waals surface area contributed by atoms with Gasteiger partial charge in [-0.2, -0.15) is 0 Å². The SMILES string of the molecule is CC1CCC(NC(=O)Cc2ccccc2OC(F)(F)F)CC1. The van der Waals surface area contributed by atoms with Gasteiger partial charge in [0, 0.05) is 11.6 Å². The molecular formula is C16H20F3NO2. The molecule has 0 radical (unpaired) electrons. The van der Waals surface area contributed by atoms with Crippen LogP contribution in [0.15, 0.2) is 24.3 Å². The van der Waals surface area contributed by atoms with Crippen LogP contribution in [0.1, 0.15) is 38.2 Å². The lowest BCUT2D eigenvalue weighted by atomic mass is 9.87. The third kappa shape index (κ3) is 5.24. The minimum atomic E-state index is -4.76. The van der Waals surface area contributed by atoms with E-state index in [2.05, 4.69) is 17.0 Å². The summed E-state index contributed by atoms with van der Waals surface area (Å²) >= 11 is 0. The molecule has 22 heavy (non-hydrogen) atoms. The van der Waals surface area contributed by atoms with Crippen LogP contribution >= 0.6 is 0 Å². The van der Waals surface area contributed by atoms with Crippen molar-refractivity contribution in [1.82, 2.24) is 5.32 Å². The number of para-hydroxylation sites is 1. The molecule has 1 amide bonds. The summed E-state index contributed by atoms with van der Waals surface area (Å²) in [5.41, 5.74) is 0.238. The predicted octanol–water partition coefficient (Wildman–Crippen LogP) is 3.82. The monoisotopic (exact) mass is 315 g/mol. The van der Waals surface area contributed by atoms with Crippen molar-refractivity contribution in [3.05, 3.63) is 29.8 Å². The molecule has 3 nitrogen and oxygen atoms in total. The van der Waals surface area contributed by atoms with E-state index in [9.17, 15) is 18.0 Å². The van der Waals surface area contributed by atoms with E-state index in [1.165, 1.54) is 18.2 Å². The molecular weight excluding hydrogens is 295 g/mol. The fourth-order valence-electron chi connectivity index (χ4n) is 2.73. The topological polar surface area (TPSA) is 38.3 Å². The van der Waals surface area contributed by atoms with Crippen molar-refractivity contribution in [2.45, 2.75) is 51.4 Å². The first-order valence-electron chi connectivity index (χ1n) is 7.46. The summed E-state index contributed by atoms with van der Waals surface area (Å²) in [4.78, 5) is 12.0. The maximum atomic E-state index is 12.3. The second kappa shape index (κ2) is 7.03. The summed E-state index contributed by atoms with van der Waals surface area (Å²) in [6.45, 7) is 2.18. The first kappa shape index (κ1) is 16.6. The van der Waals surface area contributed by atoms with Crippen molar-refractivity contribution >= 4 is 5.91 Å². The van der Waals surface area contributed by atoms with E-state index < -0.39 is 6.36 Å². The molecule has 0 unspecified atom stereocenters. The van der Waals surface area contributed by atoms with Crippen molar-refractivity contribution in [2.24, 2.45) is 5.92 Å². The lowest BCUT2D eigenvalue weighted by Gasteiger charge is -2.27. The molecule has 1 saturated carbocycles. The Labute approximate surface area is 127 Å². The van der Waals surface area contributed by atoms with Gasteiger partial charge in [-0.3, -0.25) is 4.79 Å². The first-order valence-corrected chi connectivity index (χ1v) is 7.46. The van der Waals surface area contributed by atoms with Crippen molar-refractivity contribution in [1.29, 1.82) is 0 Å². The number of benzene rings is 1. The van der Waals surface area contributed by atoms with E-state index >= 15 is 0 Å². The van der Waals surface area contributed by atoms with Crippen LogP contribution in [0.2, 0.25) is 0 Å². The highest BCUT2D eigenvalue weighted by atomic mass is 19.4. The van der Waals surface area contributed by atoms with Gasteiger partial charge in [0.25, 0.3) is 0 Å². The molecule has 122 valence electrons. The van der Waals surface area contributed by atoms with E-state index in [0.717, 1.165) is 25.7 Å². The van der Waals surface area contributed by atoms with E-state index in [1.54, 1.807) is 6.07 Å². The molecule has 1 aliphatic carbocycles. The summed E-state index contributed by atoms with van der Waals surface area (Å²) in [5, 5.41) is 2.90. The fraction of sp³-hybridized carbons (Fsp3) is 0.562. The highest BCUT2D eigenvalue weighted by Gasteiger charge is 2.32. The van der Waals surface area contributed by atoms with Gasteiger partial charge in [-0.15, -0.1) is 13.2 Å². The minimum Gasteiger partial charge on any atom is -0.405 e. The molecule has 0 saturated heterocycles. The van der Waals surface area contributed by atoms with Crippen molar-refractivity contribution in [3.8, 4) is 5.75 Å². The zero-order chi connectivity index (χ0) is 16.2. The largest absolute Gasteiger partial charge is 0.573 e. The molecule has 2 rings (SSSR count).